The van der Waals surface area contributed by atoms with Crippen LogP contribution < -0.4 is 5.32 Å². The summed E-state index contributed by atoms with van der Waals surface area (Å²) in [6.45, 7) is 6.47. The van der Waals surface area contributed by atoms with Crippen LogP contribution in [0.4, 0.5) is 5.69 Å². The van der Waals surface area contributed by atoms with E-state index < -0.39 is 5.97 Å². The molecule has 0 aliphatic carbocycles. The molecule has 2 rings (SSSR count). The van der Waals surface area contributed by atoms with Crippen molar-refractivity contribution < 1.29 is 14.7 Å². The molecule has 0 aliphatic rings. The van der Waals surface area contributed by atoms with Gasteiger partial charge in [0, 0.05) is 21.8 Å². The van der Waals surface area contributed by atoms with Crippen molar-refractivity contribution in [3.05, 3.63) is 59.7 Å². The summed E-state index contributed by atoms with van der Waals surface area (Å²) in [4.78, 5) is 24.5. The molecule has 132 valence electrons. The lowest BCUT2D eigenvalue weighted by Gasteiger charge is -2.17. The quantitative estimate of drug-likeness (QED) is 0.726. The van der Waals surface area contributed by atoms with Crippen LogP contribution in [0.25, 0.3) is 0 Å². The fourth-order valence-electron chi connectivity index (χ4n) is 2.38. The van der Waals surface area contributed by atoms with E-state index >= 15 is 0 Å². The first-order valence-corrected chi connectivity index (χ1v) is 8.96. The predicted octanol–water partition coefficient (Wildman–Crippen LogP) is 4.85. The highest BCUT2D eigenvalue weighted by atomic mass is 32.2. The van der Waals surface area contributed by atoms with Crippen LogP contribution in [-0.2, 0) is 11.2 Å². The number of carboxylic acids is 1. The summed E-state index contributed by atoms with van der Waals surface area (Å²) in [7, 11) is 0. The van der Waals surface area contributed by atoms with E-state index in [0.29, 0.717) is 12.0 Å². The number of amides is 1. The van der Waals surface area contributed by atoms with Gasteiger partial charge in [-0.2, -0.15) is 0 Å². The Labute approximate surface area is 152 Å². The third-order valence-electron chi connectivity index (χ3n) is 3.43. The van der Waals surface area contributed by atoms with Crippen LogP contribution >= 0.6 is 11.8 Å². The molecule has 2 N–H and O–H groups in total. The van der Waals surface area contributed by atoms with E-state index in [4.69, 9.17) is 0 Å². The largest absolute Gasteiger partial charge is 0.478 e. The second-order valence-corrected chi connectivity index (χ2v) is 8.65. The van der Waals surface area contributed by atoms with Gasteiger partial charge in [-0.1, -0.05) is 39.0 Å². The first kappa shape index (κ1) is 19.1. The molecule has 1 amide bonds. The van der Waals surface area contributed by atoms with E-state index in [2.05, 4.69) is 26.1 Å². The van der Waals surface area contributed by atoms with Gasteiger partial charge in [-0.15, -0.1) is 11.8 Å². The second kappa shape index (κ2) is 8.21. The van der Waals surface area contributed by atoms with Gasteiger partial charge in [-0.05, 0) is 42.3 Å². The number of carboxylic acid groups (broad SMARTS) is 1. The third kappa shape index (κ3) is 6.27. The maximum atomic E-state index is 12.1. The monoisotopic (exact) mass is 357 g/mol. The summed E-state index contributed by atoms with van der Waals surface area (Å²) in [5.41, 5.74) is 1.66. The van der Waals surface area contributed by atoms with E-state index in [-0.39, 0.29) is 22.6 Å². The molecule has 2 aromatic carbocycles. The molecule has 4 nitrogen and oxygen atoms in total. The Hall–Kier alpha value is -2.27. The number of thioether (sulfide) groups is 1. The Morgan fingerprint density at radius 1 is 1.04 bits per heavy atom. The Kier molecular flexibility index (Phi) is 6.26. The summed E-state index contributed by atoms with van der Waals surface area (Å²) in [6.07, 6.45) is 0.634. The maximum absolute atomic E-state index is 12.1. The van der Waals surface area contributed by atoms with Crippen LogP contribution in [0, 0.1) is 0 Å². The number of carbonyl (C=O) groups excluding carboxylic acids is 1. The molecule has 0 bridgehead atoms. The molecule has 0 unspecified atom stereocenters. The third-order valence-corrected chi connectivity index (χ3v) is 4.55. The molecular formula is C20H23NO3S. The normalized spacial score (nSPS) is 11.2. The Morgan fingerprint density at radius 3 is 2.28 bits per heavy atom. The van der Waals surface area contributed by atoms with Crippen molar-refractivity contribution in [3.8, 4) is 0 Å². The van der Waals surface area contributed by atoms with Gasteiger partial charge in [-0.25, -0.2) is 4.79 Å². The number of aromatic carboxylic acids is 1. The van der Waals surface area contributed by atoms with Gasteiger partial charge in [-0.3, -0.25) is 4.79 Å². The van der Waals surface area contributed by atoms with E-state index in [1.165, 1.54) is 0 Å². The van der Waals surface area contributed by atoms with Crippen LogP contribution in [0.15, 0.2) is 53.4 Å². The summed E-state index contributed by atoms with van der Waals surface area (Å²) < 4.78 is 0.141. The van der Waals surface area contributed by atoms with Gasteiger partial charge in [0.1, 0.15) is 0 Å². The lowest BCUT2D eigenvalue weighted by molar-refractivity contribution is -0.116. The highest BCUT2D eigenvalue weighted by Gasteiger charge is 2.13. The molecule has 2 aromatic rings. The predicted molar refractivity (Wildman–Crippen MR) is 102 cm³/mol. The molecule has 0 aromatic heterocycles. The Morgan fingerprint density at radius 2 is 1.68 bits per heavy atom. The minimum atomic E-state index is -0.969. The summed E-state index contributed by atoms with van der Waals surface area (Å²) in [6, 6.07) is 14.5. The first-order chi connectivity index (χ1) is 11.7. The molecule has 0 spiro atoms. The Bertz CT molecular complexity index is 748. The SMILES string of the molecule is CC(C)(C)Sc1ccc(NC(=O)CCc2ccccc2C(=O)O)cc1. The second-order valence-electron chi connectivity index (χ2n) is 6.75. The smallest absolute Gasteiger partial charge is 0.335 e. The molecule has 0 aliphatic heterocycles. The zero-order valence-electron chi connectivity index (χ0n) is 14.7. The zero-order chi connectivity index (χ0) is 18.4. The zero-order valence-corrected chi connectivity index (χ0v) is 15.5. The topological polar surface area (TPSA) is 66.4 Å². The van der Waals surface area contributed by atoms with Crippen molar-refractivity contribution in [2.24, 2.45) is 0 Å². The first-order valence-electron chi connectivity index (χ1n) is 8.15. The van der Waals surface area contributed by atoms with Crippen molar-refractivity contribution in [3.63, 3.8) is 0 Å². The number of nitrogens with one attached hydrogen (secondary N) is 1. The van der Waals surface area contributed by atoms with Crippen LogP contribution in [0.3, 0.4) is 0 Å². The molecule has 0 saturated carbocycles. The number of carbonyl (C=O) groups is 2. The number of hydrogen-bond donors (Lipinski definition) is 2. The van der Waals surface area contributed by atoms with Gasteiger partial charge < -0.3 is 10.4 Å². The Balaban J connectivity index is 1.92. The van der Waals surface area contributed by atoms with Crippen LogP contribution in [0.5, 0.6) is 0 Å². The van der Waals surface area contributed by atoms with Crippen molar-refractivity contribution in [1.82, 2.24) is 0 Å². The minimum absolute atomic E-state index is 0.128. The lowest BCUT2D eigenvalue weighted by atomic mass is 10.0. The molecular weight excluding hydrogens is 334 g/mol. The van der Waals surface area contributed by atoms with Crippen molar-refractivity contribution in [2.45, 2.75) is 43.3 Å². The van der Waals surface area contributed by atoms with Crippen LogP contribution in [0.2, 0.25) is 0 Å². The molecule has 0 fully saturated rings. The van der Waals surface area contributed by atoms with E-state index in [1.54, 1.807) is 36.0 Å². The molecule has 0 radical (unpaired) electrons. The summed E-state index contributed by atoms with van der Waals surface area (Å²) in [5.74, 6) is -1.10. The standard InChI is InChI=1S/C20H23NO3S/c1-20(2,3)25-16-11-9-15(10-12-16)21-18(22)13-8-14-6-4-5-7-17(14)19(23)24/h4-7,9-12H,8,13H2,1-3H3,(H,21,22)(H,23,24). The fraction of sp³-hybridized carbons (Fsp3) is 0.300. The van der Waals surface area contributed by atoms with E-state index in [9.17, 15) is 14.7 Å². The number of aryl methyl sites for hydroxylation is 1. The van der Waals surface area contributed by atoms with Gasteiger partial charge in [0.05, 0.1) is 5.56 Å². The fourth-order valence-corrected chi connectivity index (χ4v) is 3.36. The number of benzene rings is 2. The highest BCUT2D eigenvalue weighted by Crippen LogP contribution is 2.32. The number of anilines is 1. The van der Waals surface area contributed by atoms with Gasteiger partial charge >= 0.3 is 5.97 Å². The molecule has 0 heterocycles. The molecule has 5 heteroatoms. The average molecular weight is 357 g/mol. The van der Waals surface area contributed by atoms with Gasteiger partial charge in [0.2, 0.25) is 5.91 Å². The number of hydrogen-bond acceptors (Lipinski definition) is 3. The van der Waals surface area contributed by atoms with Crippen LogP contribution in [-0.4, -0.2) is 21.7 Å². The molecule has 25 heavy (non-hydrogen) atoms. The van der Waals surface area contributed by atoms with E-state index in [0.717, 1.165) is 10.6 Å². The van der Waals surface area contributed by atoms with E-state index in [1.807, 2.05) is 24.3 Å². The number of rotatable bonds is 6. The van der Waals surface area contributed by atoms with Crippen molar-refractivity contribution >= 4 is 29.3 Å². The lowest BCUT2D eigenvalue weighted by Crippen LogP contribution is -2.13. The van der Waals surface area contributed by atoms with Gasteiger partial charge in [0.25, 0.3) is 0 Å². The summed E-state index contributed by atoms with van der Waals surface area (Å²) in [5, 5.41) is 12.0. The highest BCUT2D eigenvalue weighted by molar-refractivity contribution is 8.00. The molecule has 0 saturated heterocycles. The van der Waals surface area contributed by atoms with Crippen molar-refractivity contribution in [2.75, 3.05) is 5.32 Å². The van der Waals surface area contributed by atoms with Crippen molar-refractivity contribution in [1.29, 1.82) is 0 Å². The molecule has 0 atom stereocenters. The summed E-state index contributed by atoms with van der Waals surface area (Å²) >= 11 is 1.77. The maximum Gasteiger partial charge on any atom is 0.335 e. The van der Waals surface area contributed by atoms with Gasteiger partial charge in [0.15, 0.2) is 0 Å². The average Bonchev–Trinajstić information content (AvgIpc) is 2.53. The van der Waals surface area contributed by atoms with Crippen LogP contribution in [0.1, 0.15) is 43.1 Å². The minimum Gasteiger partial charge on any atom is -0.478 e.